The Labute approximate surface area is 215 Å². The maximum atomic E-state index is 9.70. The Bertz CT molecular complexity index is 1080. The number of fused-ring (bicyclic) bond motifs is 4. The molecule has 0 aromatic carbocycles. The van der Waals surface area contributed by atoms with Crippen LogP contribution in [-0.2, 0) is 12.8 Å². The summed E-state index contributed by atoms with van der Waals surface area (Å²) >= 11 is 18.9. The molecule has 2 aromatic heterocycles. The van der Waals surface area contributed by atoms with Crippen LogP contribution in [-0.4, -0.2) is 21.2 Å². The quantitative estimate of drug-likeness (QED) is 0.313. The SMILES string of the molecule is CC1CCC2=C(C1)c1nc(Cl)c(Br)cc1C2.OC1CCC2=C(C1)c1nc(Cl)c(Br)cc1C2. The van der Waals surface area contributed by atoms with Crippen LogP contribution in [0.4, 0.5) is 0 Å². The second-order valence-electron chi connectivity index (χ2n) is 9.30. The first kappa shape index (κ1) is 23.0. The van der Waals surface area contributed by atoms with Crippen LogP contribution in [0.3, 0.4) is 0 Å². The molecule has 4 aliphatic carbocycles. The van der Waals surface area contributed by atoms with E-state index in [1.54, 1.807) is 5.57 Å². The molecule has 2 aromatic rings. The Balaban J connectivity index is 0.000000135. The van der Waals surface area contributed by atoms with Crippen molar-refractivity contribution in [3.63, 3.8) is 0 Å². The topological polar surface area (TPSA) is 46.0 Å². The van der Waals surface area contributed by atoms with Crippen LogP contribution in [0, 0.1) is 5.92 Å². The van der Waals surface area contributed by atoms with Gasteiger partial charge in [0.25, 0.3) is 0 Å². The van der Waals surface area contributed by atoms with E-state index in [1.165, 1.54) is 47.1 Å². The van der Waals surface area contributed by atoms with Gasteiger partial charge in [0.15, 0.2) is 0 Å². The Morgan fingerprint density at radius 3 is 1.91 bits per heavy atom. The molecule has 0 radical (unpaired) electrons. The standard InChI is InChI=1S/C13H13BrClN.C12H11BrClNO/c1-7-2-3-8-5-9-6-11(14)13(15)16-12(9)10(8)4-7;13-10-4-7-3-6-1-2-8(16)5-9(6)11(7)15-12(10)14/h6-7H,2-5H2,1H3;4,8,16H,1-3,5H2. The second kappa shape index (κ2) is 9.14. The molecule has 0 spiro atoms. The predicted octanol–water partition coefficient (Wildman–Crippen LogP) is 7.98. The largest absolute Gasteiger partial charge is 0.393 e. The predicted molar refractivity (Wildman–Crippen MR) is 138 cm³/mol. The van der Waals surface area contributed by atoms with Gasteiger partial charge in [-0.1, -0.05) is 41.3 Å². The Morgan fingerprint density at radius 2 is 1.34 bits per heavy atom. The molecule has 0 fully saturated rings. The third-order valence-electron chi connectivity index (χ3n) is 6.97. The van der Waals surface area contributed by atoms with Crippen molar-refractivity contribution in [2.75, 3.05) is 0 Å². The molecule has 4 aliphatic rings. The van der Waals surface area contributed by atoms with Gasteiger partial charge in [-0.05, 0) is 117 Å². The summed E-state index contributed by atoms with van der Waals surface area (Å²) in [6.07, 6.45) is 8.17. The van der Waals surface area contributed by atoms with Crippen LogP contribution < -0.4 is 0 Å². The van der Waals surface area contributed by atoms with Crippen molar-refractivity contribution in [1.82, 2.24) is 9.97 Å². The van der Waals surface area contributed by atoms with E-state index in [0.717, 1.165) is 58.4 Å². The summed E-state index contributed by atoms with van der Waals surface area (Å²) in [6.45, 7) is 2.32. The number of allylic oxidation sites excluding steroid dienone is 3. The number of aliphatic hydroxyl groups is 1. The van der Waals surface area contributed by atoms with E-state index in [1.807, 2.05) is 0 Å². The molecule has 0 saturated heterocycles. The lowest BCUT2D eigenvalue weighted by Gasteiger charge is -2.20. The highest BCUT2D eigenvalue weighted by atomic mass is 79.9. The number of hydrogen-bond donors (Lipinski definition) is 1. The third kappa shape index (κ3) is 4.36. The second-order valence-corrected chi connectivity index (χ2v) is 11.7. The minimum absolute atomic E-state index is 0.214. The number of aliphatic hydroxyl groups excluding tert-OH is 1. The molecule has 0 aliphatic heterocycles. The third-order valence-corrected chi connectivity index (χ3v) is 9.21. The minimum Gasteiger partial charge on any atom is -0.393 e. The molecule has 3 nitrogen and oxygen atoms in total. The lowest BCUT2D eigenvalue weighted by atomic mass is 9.86. The molecular formula is C25H24Br2Cl2N2O. The number of rotatable bonds is 0. The van der Waals surface area contributed by atoms with Crippen molar-refractivity contribution in [2.45, 2.75) is 64.4 Å². The molecule has 0 saturated carbocycles. The van der Waals surface area contributed by atoms with E-state index in [0.29, 0.717) is 10.3 Å². The molecule has 2 unspecified atom stereocenters. The Morgan fingerprint density at radius 1 is 0.844 bits per heavy atom. The zero-order valence-corrected chi connectivity index (χ0v) is 22.5. The number of pyridine rings is 2. The summed E-state index contributed by atoms with van der Waals surface area (Å²) in [6, 6.07) is 4.18. The van der Waals surface area contributed by atoms with Crippen LogP contribution >= 0.6 is 55.1 Å². The molecule has 6 rings (SSSR count). The number of hydrogen-bond acceptors (Lipinski definition) is 3. The fourth-order valence-electron chi connectivity index (χ4n) is 5.32. The molecular weight excluding hydrogens is 575 g/mol. The van der Waals surface area contributed by atoms with Crippen LogP contribution in [0.2, 0.25) is 10.3 Å². The average Bonchev–Trinajstić information content (AvgIpc) is 3.26. The summed E-state index contributed by atoms with van der Waals surface area (Å²) in [5, 5.41) is 10.8. The Kier molecular flexibility index (Phi) is 6.58. The molecule has 168 valence electrons. The summed E-state index contributed by atoms with van der Waals surface area (Å²) in [5.41, 5.74) is 10.5. The van der Waals surface area contributed by atoms with E-state index in [9.17, 15) is 5.11 Å². The lowest BCUT2D eigenvalue weighted by molar-refractivity contribution is 0.166. The van der Waals surface area contributed by atoms with E-state index < -0.39 is 0 Å². The van der Waals surface area contributed by atoms with E-state index in [4.69, 9.17) is 23.2 Å². The van der Waals surface area contributed by atoms with Crippen molar-refractivity contribution in [1.29, 1.82) is 0 Å². The number of nitrogens with zero attached hydrogens (tertiary/aromatic N) is 2. The molecule has 2 atom stereocenters. The highest BCUT2D eigenvalue weighted by Crippen LogP contribution is 2.44. The molecule has 7 heteroatoms. The number of halogens is 4. The average molecular weight is 599 g/mol. The monoisotopic (exact) mass is 596 g/mol. The van der Waals surface area contributed by atoms with Gasteiger partial charge in [-0.2, -0.15) is 0 Å². The normalized spacial score (nSPS) is 23.3. The molecule has 1 N–H and O–H groups in total. The van der Waals surface area contributed by atoms with Crippen LogP contribution in [0.15, 0.2) is 32.2 Å². The molecule has 0 bridgehead atoms. The Hall–Kier alpha value is -0.720. The van der Waals surface area contributed by atoms with Crippen molar-refractivity contribution in [3.05, 3.63) is 65.0 Å². The summed E-state index contributed by atoms with van der Waals surface area (Å²) in [7, 11) is 0. The molecule has 2 heterocycles. The number of aromatic nitrogens is 2. The molecule has 0 amide bonds. The van der Waals surface area contributed by atoms with Gasteiger partial charge in [-0.3, -0.25) is 0 Å². The van der Waals surface area contributed by atoms with Crippen LogP contribution in [0.5, 0.6) is 0 Å². The van der Waals surface area contributed by atoms with Crippen molar-refractivity contribution >= 4 is 66.2 Å². The maximum Gasteiger partial charge on any atom is 0.143 e. The van der Waals surface area contributed by atoms with E-state index in [-0.39, 0.29) is 6.10 Å². The van der Waals surface area contributed by atoms with Gasteiger partial charge >= 0.3 is 0 Å². The summed E-state index contributed by atoms with van der Waals surface area (Å²) in [5.74, 6) is 0.786. The van der Waals surface area contributed by atoms with Gasteiger partial charge in [0.2, 0.25) is 0 Å². The zero-order chi connectivity index (χ0) is 22.6. The minimum atomic E-state index is -0.214. The highest BCUT2D eigenvalue weighted by Gasteiger charge is 2.30. The maximum absolute atomic E-state index is 9.70. The highest BCUT2D eigenvalue weighted by molar-refractivity contribution is 9.10. The first-order valence-electron chi connectivity index (χ1n) is 11.1. The van der Waals surface area contributed by atoms with Gasteiger partial charge in [0.1, 0.15) is 10.3 Å². The lowest BCUT2D eigenvalue weighted by Crippen LogP contribution is -2.12. The zero-order valence-electron chi connectivity index (χ0n) is 17.8. The summed E-state index contributed by atoms with van der Waals surface area (Å²) < 4.78 is 1.77. The van der Waals surface area contributed by atoms with Crippen molar-refractivity contribution in [3.8, 4) is 0 Å². The van der Waals surface area contributed by atoms with E-state index in [2.05, 4.69) is 60.9 Å². The van der Waals surface area contributed by atoms with Crippen molar-refractivity contribution in [2.24, 2.45) is 5.92 Å². The fraction of sp³-hybridized carbons (Fsp3) is 0.440. The van der Waals surface area contributed by atoms with Crippen molar-refractivity contribution < 1.29 is 5.11 Å². The first-order chi connectivity index (χ1) is 15.3. The smallest absolute Gasteiger partial charge is 0.143 e. The van der Waals surface area contributed by atoms with Crippen LogP contribution in [0.25, 0.3) is 11.1 Å². The first-order valence-corrected chi connectivity index (χ1v) is 13.4. The van der Waals surface area contributed by atoms with Crippen LogP contribution in [0.1, 0.15) is 68.0 Å². The van der Waals surface area contributed by atoms with Gasteiger partial charge < -0.3 is 5.11 Å². The fourth-order valence-corrected chi connectivity index (χ4v) is 6.33. The van der Waals surface area contributed by atoms with Gasteiger partial charge in [0.05, 0.1) is 26.4 Å². The van der Waals surface area contributed by atoms with Gasteiger partial charge in [0, 0.05) is 6.42 Å². The summed E-state index contributed by atoms with van der Waals surface area (Å²) in [4.78, 5) is 8.95. The van der Waals surface area contributed by atoms with Gasteiger partial charge in [-0.25, -0.2) is 9.97 Å². The van der Waals surface area contributed by atoms with E-state index >= 15 is 0 Å². The van der Waals surface area contributed by atoms with Gasteiger partial charge in [-0.15, -0.1) is 0 Å². The molecule has 32 heavy (non-hydrogen) atoms.